The summed E-state index contributed by atoms with van der Waals surface area (Å²) in [6, 6.07) is 15.4. The molecule has 1 saturated heterocycles. The number of rotatable bonds is 6. The third kappa shape index (κ3) is 4.98. The summed E-state index contributed by atoms with van der Waals surface area (Å²) >= 11 is 0. The van der Waals surface area contributed by atoms with Crippen molar-refractivity contribution in [3.8, 4) is 0 Å². The van der Waals surface area contributed by atoms with E-state index in [1.165, 1.54) is 11.0 Å². The normalized spacial score (nSPS) is 14.3. The topological polar surface area (TPSA) is 98.8 Å². The predicted octanol–water partition coefficient (Wildman–Crippen LogP) is 1.94. The molecule has 142 valence electrons. The molecule has 1 aliphatic heterocycles. The van der Waals surface area contributed by atoms with E-state index in [0.29, 0.717) is 24.5 Å². The van der Waals surface area contributed by atoms with Crippen molar-refractivity contribution >= 4 is 39.0 Å². The van der Waals surface area contributed by atoms with Crippen molar-refractivity contribution < 1.29 is 18.0 Å². The zero-order valence-electron chi connectivity index (χ0n) is 14.8. The highest BCUT2D eigenvalue weighted by molar-refractivity contribution is 7.92. The van der Waals surface area contributed by atoms with Crippen LogP contribution >= 0.6 is 0 Å². The Morgan fingerprint density at radius 2 is 1.74 bits per heavy atom. The number of sulfonamides is 1. The quantitative estimate of drug-likeness (QED) is 0.790. The lowest BCUT2D eigenvalue weighted by molar-refractivity contribution is -0.116. The van der Waals surface area contributed by atoms with Crippen molar-refractivity contribution in [2.24, 2.45) is 0 Å². The maximum Gasteiger partial charge on any atom is 0.325 e. The molecule has 0 aromatic heterocycles. The molecule has 0 bridgehead atoms. The molecule has 2 N–H and O–H groups in total. The van der Waals surface area contributed by atoms with Gasteiger partial charge in [-0.25, -0.2) is 13.2 Å². The van der Waals surface area contributed by atoms with Crippen molar-refractivity contribution in [1.82, 2.24) is 4.90 Å². The lowest BCUT2D eigenvalue weighted by Gasteiger charge is -2.18. The van der Waals surface area contributed by atoms with Crippen molar-refractivity contribution in [1.29, 1.82) is 0 Å². The largest absolute Gasteiger partial charge is 0.325 e. The number of para-hydroxylation sites is 1. The number of anilines is 3. The monoisotopic (exact) mass is 388 g/mol. The number of nitrogens with one attached hydrogen (secondary N) is 2. The molecule has 0 unspecified atom stereocenters. The van der Waals surface area contributed by atoms with Gasteiger partial charge in [0.2, 0.25) is 15.9 Å². The van der Waals surface area contributed by atoms with Crippen LogP contribution in [0.4, 0.5) is 21.9 Å². The summed E-state index contributed by atoms with van der Waals surface area (Å²) in [7, 11) is -3.40. The molecule has 0 saturated carbocycles. The van der Waals surface area contributed by atoms with Crippen LogP contribution in [0.1, 0.15) is 0 Å². The Labute approximate surface area is 157 Å². The predicted molar refractivity (Wildman–Crippen MR) is 104 cm³/mol. The van der Waals surface area contributed by atoms with Crippen LogP contribution < -0.4 is 14.9 Å². The minimum Gasteiger partial charge on any atom is -0.324 e. The fourth-order valence-electron chi connectivity index (χ4n) is 2.83. The lowest BCUT2D eigenvalue weighted by Crippen LogP contribution is -2.37. The summed E-state index contributed by atoms with van der Waals surface area (Å²) in [5.41, 5.74) is 1.59. The van der Waals surface area contributed by atoms with E-state index >= 15 is 0 Å². The van der Waals surface area contributed by atoms with Crippen LogP contribution in [0.25, 0.3) is 0 Å². The molecule has 1 fully saturated rings. The lowest BCUT2D eigenvalue weighted by atomic mass is 10.3. The SMILES string of the molecule is CS(=O)(=O)Nc1cccc(NC(=O)CN2CCN(c3ccccc3)C2=O)c1. The first-order chi connectivity index (χ1) is 12.8. The Balaban J connectivity index is 1.60. The van der Waals surface area contributed by atoms with Crippen molar-refractivity contribution in [2.75, 3.05) is 40.8 Å². The first-order valence-electron chi connectivity index (χ1n) is 8.31. The third-order valence-electron chi connectivity index (χ3n) is 3.95. The maximum absolute atomic E-state index is 12.5. The van der Waals surface area contributed by atoms with Gasteiger partial charge in [0.1, 0.15) is 6.54 Å². The second-order valence-electron chi connectivity index (χ2n) is 6.19. The molecule has 0 aliphatic carbocycles. The minimum absolute atomic E-state index is 0.0775. The van der Waals surface area contributed by atoms with Gasteiger partial charge in [-0.2, -0.15) is 0 Å². The molecule has 0 radical (unpaired) electrons. The zero-order chi connectivity index (χ0) is 19.4. The molecule has 2 aromatic carbocycles. The van der Waals surface area contributed by atoms with E-state index in [2.05, 4.69) is 10.0 Å². The van der Waals surface area contributed by atoms with Gasteiger partial charge >= 0.3 is 6.03 Å². The van der Waals surface area contributed by atoms with Gasteiger partial charge in [0.15, 0.2) is 0 Å². The number of benzene rings is 2. The third-order valence-corrected chi connectivity index (χ3v) is 4.55. The number of carbonyl (C=O) groups is 2. The Bertz CT molecular complexity index is 947. The summed E-state index contributed by atoms with van der Waals surface area (Å²) in [5.74, 6) is -0.352. The minimum atomic E-state index is -3.40. The number of amides is 3. The fourth-order valence-corrected chi connectivity index (χ4v) is 3.38. The van der Waals surface area contributed by atoms with Crippen LogP contribution in [0.3, 0.4) is 0 Å². The number of hydrogen-bond donors (Lipinski definition) is 2. The molecule has 9 heteroatoms. The maximum atomic E-state index is 12.5. The molecule has 2 aromatic rings. The van der Waals surface area contributed by atoms with Gasteiger partial charge < -0.3 is 10.2 Å². The first kappa shape index (κ1) is 18.7. The molecule has 27 heavy (non-hydrogen) atoms. The van der Waals surface area contributed by atoms with Crippen molar-refractivity contribution in [3.05, 3.63) is 54.6 Å². The van der Waals surface area contributed by atoms with E-state index in [1.807, 2.05) is 30.3 Å². The number of hydrogen-bond acceptors (Lipinski definition) is 4. The Morgan fingerprint density at radius 1 is 1.04 bits per heavy atom. The van der Waals surface area contributed by atoms with Crippen LogP contribution in [0.15, 0.2) is 54.6 Å². The van der Waals surface area contributed by atoms with Crippen LogP contribution in [-0.4, -0.2) is 51.1 Å². The standard InChI is InChI=1S/C18H20N4O4S/c1-27(25,26)20-15-7-5-6-14(12-15)19-17(23)13-21-10-11-22(18(21)24)16-8-3-2-4-9-16/h2-9,12,20H,10-11,13H2,1H3,(H,19,23). The number of carbonyl (C=O) groups excluding carboxylic acids is 2. The highest BCUT2D eigenvalue weighted by Gasteiger charge is 2.30. The van der Waals surface area contributed by atoms with Gasteiger partial charge in [0.25, 0.3) is 0 Å². The highest BCUT2D eigenvalue weighted by Crippen LogP contribution is 2.20. The Hall–Kier alpha value is -3.07. The molecule has 1 aliphatic rings. The molecule has 0 atom stereocenters. The van der Waals surface area contributed by atoms with Crippen LogP contribution in [0.2, 0.25) is 0 Å². The molecular weight excluding hydrogens is 368 g/mol. The molecule has 3 rings (SSSR count). The van der Waals surface area contributed by atoms with E-state index in [-0.39, 0.29) is 18.5 Å². The van der Waals surface area contributed by atoms with Gasteiger partial charge in [0.05, 0.1) is 11.9 Å². The van der Waals surface area contributed by atoms with E-state index in [9.17, 15) is 18.0 Å². The number of nitrogens with zero attached hydrogens (tertiary/aromatic N) is 2. The van der Waals surface area contributed by atoms with Gasteiger partial charge in [-0.1, -0.05) is 24.3 Å². The molecule has 0 spiro atoms. The summed E-state index contributed by atoms with van der Waals surface area (Å²) in [4.78, 5) is 27.9. The molecular formula is C18H20N4O4S. The van der Waals surface area contributed by atoms with Crippen LogP contribution in [0, 0.1) is 0 Å². The molecule has 1 heterocycles. The summed E-state index contributed by atoms with van der Waals surface area (Å²) in [6.45, 7) is 0.895. The summed E-state index contributed by atoms with van der Waals surface area (Å²) < 4.78 is 25.0. The van der Waals surface area contributed by atoms with Gasteiger partial charge in [0, 0.05) is 24.5 Å². The second kappa shape index (κ2) is 7.67. The van der Waals surface area contributed by atoms with Crippen molar-refractivity contribution in [2.45, 2.75) is 0 Å². The summed E-state index contributed by atoms with van der Waals surface area (Å²) in [5, 5.41) is 2.68. The average Bonchev–Trinajstić information content (AvgIpc) is 2.95. The van der Waals surface area contributed by atoms with Gasteiger partial charge in [-0.05, 0) is 30.3 Å². The number of urea groups is 1. The smallest absolute Gasteiger partial charge is 0.324 e. The average molecular weight is 388 g/mol. The van der Waals surface area contributed by atoms with Gasteiger partial charge in [-0.15, -0.1) is 0 Å². The second-order valence-corrected chi connectivity index (χ2v) is 7.94. The molecule has 8 nitrogen and oxygen atoms in total. The first-order valence-corrected chi connectivity index (χ1v) is 10.2. The zero-order valence-corrected chi connectivity index (χ0v) is 15.6. The summed E-state index contributed by atoms with van der Waals surface area (Å²) in [6.07, 6.45) is 1.05. The Morgan fingerprint density at radius 3 is 2.44 bits per heavy atom. The van der Waals surface area contributed by atoms with Crippen molar-refractivity contribution in [3.63, 3.8) is 0 Å². The van der Waals surface area contributed by atoms with Crippen LogP contribution in [0.5, 0.6) is 0 Å². The van der Waals surface area contributed by atoms with Gasteiger partial charge in [-0.3, -0.25) is 14.4 Å². The van der Waals surface area contributed by atoms with E-state index < -0.39 is 10.0 Å². The van der Waals surface area contributed by atoms with E-state index in [4.69, 9.17) is 0 Å². The fraction of sp³-hybridized carbons (Fsp3) is 0.222. The Kier molecular flexibility index (Phi) is 5.31. The highest BCUT2D eigenvalue weighted by atomic mass is 32.2. The van der Waals surface area contributed by atoms with Crippen LogP contribution in [-0.2, 0) is 14.8 Å². The molecule has 3 amide bonds. The van der Waals surface area contributed by atoms with E-state index in [1.54, 1.807) is 23.1 Å². The van der Waals surface area contributed by atoms with E-state index in [0.717, 1.165) is 11.9 Å².